The Bertz CT molecular complexity index is 604. The Morgan fingerprint density at radius 1 is 1.45 bits per heavy atom. The summed E-state index contributed by atoms with van der Waals surface area (Å²) in [4.78, 5) is 12.0. The molecule has 0 aromatic carbocycles. The lowest BCUT2D eigenvalue weighted by Crippen LogP contribution is -2.10. The molecule has 20 heavy (non-hydrogen) atoms. The highest BCUT2D eigenvalue weighted by molar-refractivity contribution is 8.00. The molecule has 1 fully saturated rings. The molecular weight excluding hydrogens is 296 g/mol. The van der Waals surface area contributed by atoms with Crippen LogP contribution in [0.25, 0.3) is 0 Å². The van der Waals surface area contributed by atoms with E-state index in [1.807, 2.05) is 6.26 Å². The van der Waals surface area contributed by atoms with Gasteiger partial charge in [0.05, 0.1) is 5.69 Å². The summed E-state index contributed by atoms with van der Waals surface area (Å²) in [7, 11) is 0. The van der Waals surface area contributed by atoms with Crippen LogP contribution in [0.1, 0.15) is 47.8 Å². The first-order chi connectivity index (χ1) is 9.76. The van der Waals surface area contributed by atoms with Gasteiger partial charge in [-0.05, 0) is 19.1 Å². The van der Waals surface area contributed by atoms with Gasteiger partial charge in [0.15, 0.2) is 4.34 Å². The van der Waals surface area contributed by atoms with Gasteiger partial charge in [-0.25, -0.2) is 0 Å². The van der Waals surface area contributed by atoms with E-state index >= 15 is 0 Å². The van der Waals surface area contributed by atoms with Gasteiger partial charge in [-0.2, -0.15) is 0 Å². The molecule has 0 spiro atoms. The zero-order chi connectivity index (χ0) is 13.9. The number of rotatable bonds is 4. The van der Waals surface area contributed by atoms with Gasteiger partial charge in [0.2, 0.25) is 10.9 Å². The highest BCUT2D eigenvalue weighted by atomic mass is 32.2. The molecule has 0 radical (unpaired) electrons. The average Bonchev–Trinajstić information content (AvgIpc) is 3.19. The van der Waals surface area contributed by atoms with Crippen LogP contribution in [0.5, 0.6) is 0 Å². The summed E-state index contributed by atoms with van der Waals surface area (Å²) in [6, 6.07) is 1.74. The van der Waals surface area contributed by atoms with Crippen molar-refractivity contribution < 1.29 is 9.32 Å². The van der Waals surface area contributed by atoms with Crippen LogP contribution in [-0.2, 0) is 0 Å². The molecule has 1 N–H and O–H groups in total. The molecule has 8 heteroatoms. The smallest absolute Gasteiger partial charge is 0.296 e. The number of hydrogen-bond donors (Lipinski definition) is 1. The van der Waals surface area contributed by atoms with Crippen LogP contribution in [0.3, 0.4) is 0 Å². The summed E-state index contributed by atoms with van der Waals surface area (Å²) in [6.45, 7) is 0. The molecule has 0 atom stereocenters. The highest BCUT2D eigenvalue weighted by Gasteiger charge is 2.23. The number of nitrogens with one attached hydrogen (secondary N) is 1. The zero-order valence-corrected chi connectivity index (χ0v) is 12.6. The Morgan fingerprint density at radius 3 is 2.95 bits per heavy atom. The lowest BCUT2D eigenvalue weighted by atomic mass is 10.0. The first-order valence-corrected chi connectivity index (χ1v) is 8.46. The normalized spacial score (nSPS) is 15.7. The van der Waals surface area contributed by atoms with Gasteiger partial charge < -0.3 is 4.52 Å². The topological polar surface area (TPSA) is 80.9 Å². The van der Waals surface area contributed by atoms with Crippen molar-refractivity contribution in [2.24, 2.45) is 0 Å². The van der Waals surface area contributed by atoms with E-state index in [9.17, 15) is 4.79 Å². The fourth-order valence-electron chi connectivity index (χ4n) is 2.31. The Kier molecular flexibility index (Phi) is 4.02. The summed E-state index contributed by atoms with van der Waals surface area (Å²) in [6.07, 6.45) is 6.61. The van der Waals surface area contributed by atoms with Crippen LogP contribution < -0.4 is 5.32 Å². The number of amides is 1. The Morgan fingerprint density at radius 2 is 2.25 bits per heavy atom. The van der Waals surface area contributed by atoms with E-state index in [2.05, 4.69) is 20.7 Å². The Labute approximate surface area is 124 Å². The first-order valence-electron chi connectivity index (χ1n) is 6.41. The van der Waals surface area contributed by atoms with E-state index in [0.717, 1.165) is 22.9 Å². The lowest BCUT2D eigenvalue weighted by Gasteiger charge is -2.00. The number of carbonyl (C=O) groups excluding carboxylic acids is 1. The van der Waals surface area contributed by atoms with Crippen LogP contribution in [0, 0.1) is 0 Å². The van der Waals surface area contributed by atoms with Gasteiger partial charge in [0.1, 0.15) is 0 Å². The third-order valence-electron chi connectivity index (χ3n) is 3.33. The maximum atomic E-state index is 12.0. The molecular formula is C12H14N4O2S2. The number of anilines is 1. The third kappa shape index (κ3) is 2.85. The lowest BCUT2D eigenvalue weighted by molar-refractivity contribution is 0.0987. The van der Waals surface area contributed by atoms with Crippen molar-refractivity contribution in [1.29, 1.82) is 0 Å². The second-order valence-electron chi connectivity index (χ2n) is 4.63. The van der Waals surface area contributed by atoms with Crippen LogP contribution in [0.4, 0.5) is 5.13 Å². The predicted octanol–water partition coefficient (Wildman–Crippen LogP) is 3.16. The molecule has 0 bridgehead atoms. The monoisotopic (exact) mass is 310 g/mol. The number of nitrogens with zero attached hydrogens (tertiary/aromatic N) is 3. The van der Waals surface area contributed by atoms with E-state index in [0.29, 0.717) is 11.0 Å². The fraction of sp³-hybridized carbons (Fsp3) is 0.500. The summed E-state index contributed by atoms with van der Waals surface area (Å²) in [5.41, 5.74) is 0.884. The largest absolute Gasteiger partial charge is 0.351 e. The molecule has 1 aliphatic rings. The summed E-state index contributed by atoms with van der Waals surface area (Å²) in [5.74, 6) is 0.336. The molecule has 6 nitrogen and oxygen atoms in total. The Hall–Kier alpha value is -1.41. The van der Waals surface area contributed by atoms with Crippen molar-refractivity contribution in [2.75, 3.05) is 11.6 Å². The molecule has 3 rings (SSSR count). The van der Waals surface area contributed by atoms with E-state index in [-0.39, 0.29) is 11.7 Å². The molecule has 2 aromatic rings. The minimum absolute atomic E-state index is 0.229. The molecule has 1 amide bonds. The van der Waals surface area contributed by atoms with Gasteiger partial charge in [-0.15, -0.1) is 10.2 Å². The molecule has 0 unspecified atom stereocenters. The average molecular weight is 310 g/mol. The van der Waals surface area contributed by atoms with E-state index < -0.39 is 0 Å². The van der Waals surface area contributed by atoms with Crippen molar-refractivity contribution >= 4 is 34.1 Å². The minimum Gasteiger partial charge on any atom is -0.351 e. The molecule has 1 aliphatic carbocycles. The van der Waals surface area contributed by atoms with Crippen molar-refractivity contribution in [3.8, 4) is 0 Å². The highest BCUT2D eigenvalue weighted by Crippen LogP contribution is 2.33. The van der Waals surface area contributed by atoms with Crippen LogP contribution in [-0.4, -0.2) is 27.5 Å². The molecule has 0 aliphatic heterocycles. The summed E-state index contributed by atoms with van der Waals surface area (Å²) < 4.78 is 5.94. The minimum atomic E-state index is -0.328. The summed E-state index contributed by atoms with van der Waals surface area (Å²) in [5, 5.41) is 15.0. The van der Waals surface area contributed by atoms with Crippen molar-refractivity contribution in [3.63, 3.8) is 0 Å². The number of thioether (sulfide) groups is 1. The van der Waals surface area contributed by atoms with Crippen LogP contribution in [0.2, 0.25) is 0 Å². The molecule has 106 valence electrons. The van der Waals surface area contributed by atoms with Gasteiger partial charge in [0, 0.05) is 12.0 Å². The maximum Gasteiger partial charge on any atom is 0.296 e. The van der Waals surface area contributed by atoms with Crippen LogP contribution >= 0.6 is 23.1 Å². The fourth-order valence-corrected chi connectivity index (χ4v) is 3.48. The van der Waals surface area contributed by atoms with Crippen LogP contribution in [0.15, 0.2) is 14.9 Å². The second kappa shape index (κ2) is 5.92. The molecule has 0 saturated heterocycles. The number of aromatic nitrogens is 3. The standard InChI is InChI=1S/C12H14N4O2S2/c1-19-12-15-14-11(20-12)13-10(17)9-6-8(16-18-9)7-4-2-3-5-7/h6-7H,2-5H2,1H3,(H,13,14,17). The maximum absolute atomic E-state index is 12.0. The van der Waals surface area contributed by atoms with E-state index in [1.54, 1.807) is 6.07 Å². The van der Waals surface area contributed by atoms with Gasteiger partial charge in [0.25, 0.3) is 5.91 Å². The van der Waals surface area contributed by atoms with Gasteiger partial charge in [-0.3, -0.25) is 10.1 Å². The van der Waals surface area contributed by atoms with Crippen molar-refractivity contribution in [1.82, 2.24) is 15.4 Å². The molecule has 2 aromatic heterocycles. The third-order valence-corrected chi connectivity index (χ3v) is 5.14. The zero-order valence-electron chi connectivity index (χ0n) is 11.0. The molecule has 2 heterocycles. The molecule has 1 saturated carbocycles. The predicted molar refractivity (Wildman–Crippen MR) is 77.4 cm³/mol. The van der Waals surface area contributed by atoms with Crippen molar-refractivity contribution in [3.05, 3.63) is 17.5 Å². The summed E-state index contributed by atoms with van der Waals surface area (Å²) >= 11 is 2.83. The second-order valence-corrected chi connectivity index (χ2v) is 6.66. The quantitative estimate of drug-likeness (QED) is 0.690. The van der Waals surface area contributed by atoms with Gasteiger partial charge >= 0.3 is 0 Å². The van der Waals surface area contributed by atoms with E-state index in [4.69, 9.17) is 4.52 Å². The SMILES string of the molecule is CSc1nnc(NC(=O)c2cc(C3CCCC3)no2)s1. The number of carbonyl (C=O) groups is 1. The first kappa shape index (κ1) is 13.6. The van der Waals surface area contributed by atoms with E-state index in [1.165, 1.54) is 35.9 Å². The Balaban J connectivity index is 1.67. The van der Waals surface area contributed by atoms with Crippen molar-refractivity contribution in [2.45, 2.75) is 35.9 Å². The van der Waals surface area contributed by atoms with Gasteiger partial charge in [-0.1, -0.05) is 41.1 Å². The number of hydrogen-bond acceptors (Lipinski definition) is 7.